The molecule has 0 aromatic carbocycles. The van der Waals surface area contributed by atoms with Crippen molar-refractivity contribution in [2.75, 3.05) is 6.61 Å². The van der Waals surface area contributed by atoms with Gasteiger partial charge in [-0.2, -0.15) is 0 Å². The van der Waals surface area contributed by atoms with E-state index in [1.165, 1.54) is 0 Å². The normalized spacial score (nSPS) is 11.9. The molecule has 0 radical (unpaired) electrons. The molecule has 6 nitrogen and oxygen atoms in total. The molecule has 0 spiro atoms. The van der Waals surface area contributed by atoms with Crippen molar-refractivity contribution in [1.82, 2.24) is 0 Å². The van der Waals surface area contributed by atoms with Gasteiger partial charge in [0.2, 0.25) is 0 Å². The molecule has 0 rings (SSSR count). The molecule has 86 valence electrons. The van der Waals surface area contributed by atoms with E-state index in [-0.39, 0.29) is 0 Å². The summed E-state index contributed by atoms with van der Waals surface area (Å²) < 4.78 is 4.43. The summed E-state index contributed by atoms with van der Waals surface area (Å²) in [5.41, 5.74) is 5.43. The summed E-state index contributed by atoms with van der Waals surface area (Å²) in [4.78, 5) is 31.7. The van der Waals surface area contributed by atoms with Crippen LogP contribution in [0.3, 0.4) is 0 Å². The SMILES string of the molecule is CCCC[C@H](N)C(=O)OCC(=O)C(=O)O. The summed E-state index contributed by atoms with van der Waals surface area (Å²) in [6.07, 6.45) is 2.15. The number of hydrogen-bond acceptors (Lipinski definition) is 5. The third-order valence-corrected chi connectivity index (χ3v) is 1.76. The van der Waals surface area contributed by atoms with Crippen molar-refractivity contribution in [1.29, 1.82) is 0 Å². The molecule has 0 aromatic heterocycles. The zero-order chi connectivity index (χ0) is 11.8. The van der Waals surface area contributed by atoms with Gasteiger partial charge >= 0.3 is 11.9 Å². The summed E-state index contributed by atoms with van der Waals surface area (Å²) in [5.74, 6) is -3.52. The molecule has 0 aliphatic heterocycles. The van der Waals surface area contributed by atoms with E-state index in [1.807, 2.05) is 6.92 Å². The average Bonchev–Trinajstić information content (AvgIpc) is 2.21. The number of carboxylic acid groups (broad SMARTS) is 1. The van der Waals surface area contributed by atoms with Gasteiger partial charge in [-0.3, -0.25) is 9.59 Å². The molecule has 0 unspecified atom stereocenters. The van der Waals surface area contributed by atoms with Crippen LogP contribution in [-0.4, -0.2) is 35.5 Å². The highest BCUT2D eigenvalue weighted by Crippen LogP contribution is 1.99. The number of nitrogens with two attached hydrogens (primary N) is 1. The van der Waals surface area contributed by atoms with Gasteiger partial charge in [0.05, 0.1) is 0 Å². The van der Waals surface area contributed by atoms with Gasteiger partial charge in [0.1, 0.15) is 6.04 Å². The van der Waals surface area contributed by atoms with E-state index in [2.05, 4.69) is 4.74 Å². The third-order valence-electron chi connectivity index (χ3n) is 1.76. The minimum Gasteiger partial charge on any atom is -0.475 e. The lowest BCUT2D eigenvalue weighted by molar-refractivity contribution is -0.156. The average molecular weight is 217 g/mol. The van der Waals surface area contributed by atoms with Crippen LogP contribution in [0.15, 0.2) is 0 Å². The van der Waals surface area contributed by atoms with Gasteiger partial charge in [-0.1, -0.05) is 19.8 Å². The lowest BCUT2D eigenvalue weighted by Crippen LogP contribution is -2.34. The molecular formula is C9H15NO5. The number of ether oxygens (including phenoxy) is 1. The van der Waals surface area contributed by atoms with E-state index in [0.29, 0.717) is 6.42 Å². The maximum absolute atomic E-state index is 11.1. The highest BCUT2D eigenvalue weighted by molar-refractivity contribution is 6.33. The molecule has 6 heteroatoms. The number of aliphatic carboxylic acids is 1. The van der Waals surface area contributed by atoms with Crippen LogP contribution in [-0.2, 0) is 19.1 Å². The fourth-order valence-corrected chi connectivity index (χ4v) is 0.847. The van der Waals surface area contributed by atoms with Gasteiger partial charge in [0, 0.05) is 0 Å². The minimum absolute atomic E-state index is 0.469. The van der Waals surface area contributed by atoms with Crippen molar-refractivity contribution in [3.05, 3.63) is 0 Å². The van der Waals surface area contributed by atoms with E-state index in [9.17, 15) is 14.4 Å². The summed E-state index contributed by atoms with van der Waals surface area (Å²) in [6, 6.07) is -0.786. The molecule has 3 N–H and O–H groups in total. The van der Waals surface area contributed by atoms with Crippen molar-refractivity contribution in [2.24, 2.45) is 5.73 Å². The largest absolute Gasteiger partial charge is 0.475 e. The second kappa shape index (κ2) is 6.94. The van der Waals surface area contributed by atoms with Crippen LogP contribution in [0.5, 0.6) is 0 Å². The number of hydrogen-bond donors (Lipinski definition) is 2. The zero-order valence-electron chi connectivity index (χ0n) is 8.56. The molecular weight excluding hydrogens is 202 g/mol. The number of carboxylic acids is 1. The van der Waals surface area contributed by atoms with Crippen molar-refractivity contribution >= 4 is 17.7 Å². The molecule has 0 aliphatic carbocycles. The Kier molecular flexibility index (Phi) is 6.28. The van der Waals surface area contributed by atoms with Crippen LogP contribution >= 0.6 is 0 Å². The van der Waals surface area contributed by atoms with E-state index in [1.54, 1.807) is 0 Å². The first-order valence-electron chi connectivity index (χ1n) is 4.67. The summed E-state index contributed by atoms with van der Waals surface area (Å²) >= 11 is 0. The quantitative estimate of drug-likeness (QED) is 0.448. The van der Waals surface area contributed by atoms with Gasteiger partial charge in [0.15, 0.2) is 6.61 Å². The summed E-state index contributed by atoms with van der Waals surface area (Å²) in [7, 11) is 0. The van der Waals surface area contributed by atoms with E-state index in [0.717, 1.165) is 12.8 Å². The van der Waals surface area contributed by atoms with Crippen molar-refractivity contribution in [3.8, 4) is 0 Å². The molecule has 0 saturated heterocycles. The highest BCUT2D eigenvalue weighted by Gasteiger charge is 2.18. The maximum atomic E-state index is 11.1. The molecule has 0 amide bonds. The van der Waals surface area contributed by atoms with Crippen LogP contribution in [0.2, 0.25) is 0 Å². The Morgan fingerprint density at radius 2 is 2.00 bits per heavy atom. The molecule has 0 fully saturated rings. The first kappa shape index (κ1) is 13.6. The number of rotatable bonds is 7. The van der Waals surface area contributed by atoms with Crippen LogP contribution in [0.1, 0.15) is 26.2 Å². The fourth-order valence-electron chi connectivity index (χ4n) is 0.847. The number of ketones is 1. The predicted molar refractivity (Wildman–Crippen MR) is 51.1 cm³/mol. The Bertz CT molecular complexity index is 251. The van der Waals surface area contributed by atoms with Gasteiger partial charge < -0.3 is 15.6 Å². The maximum Gasteiger partial charge on any atom is 0.375 e. The first-order valence-corrected chi connectivity index (χ1v) is 4.67. The van der Waals surface area contributed by atoms with Gasteiger partial charge in [-0.25, -0.2) is 4.79 Å². The van der Waals surface area contributed by atoms with Crippen LogP contribution < -0.4 is 5.73 Å². The Morgan fingerprint density at radius 1 is 1.40 bits per heavy atom. The second-order valence-electron chi connectivity index (χ2n) is 3.08. The number of Topliss-reactive ketones (excluding diaryl/α,β-unsaturated/α-hetero) is 1. The van der Waals surface area contributed by atoms with E-state index >= 15 is 0 Å². The first-order chi connectivity index (χ1) is 6.99. The van der Waals surface area contributed by atoms with Crippen molar-refractivity contribution in [2.45, 2.75) is 32.2 Å². The zero-order valence-corrected chi connectivity index (χ0v) is 8.56. The standard InChI is InChI=1S/C9H15NO5/c1-2-3-4-6(10)9(14)15-5-7(11)8(12)13/h6H,2-5,10H2,1H3,(H,12,13)/t6-/m0/s1. The van der Waals surface area contributed by atoms with Gasteiger partial charge in [-0.05, 0) is 6.42 Å². The van der Waals surface area contributed by atoms with E-state index in [4.69, 9.17) is 10.8 Å². The van der Waals surface area contributed by atoms with Crippen LogP contribution in [0, 0.1) is 0 Å². The molecule has 0 heterocycles. The third kappa shape index (κ3) is 5.79. The lowest BCUT2D eigenvalue weighted by atomic mass is 10.1. The Labute approximate surface area is 87.4 Å². The predicted octanol–water partition coefficient (Wildman–Crippen LogP) is -0.299. The smallest absolute Gasteiger partial charge is 0.375 e. The van der Waals surface area contributed by atoms with Gasteiger partial charge in [0.25, 0.3) is 5.78 Å². The van der Waals surface area contributed by atoms with Crippen LogP contribution in [0.25, 0.3) is 0 Å². The molecule has 0 bridgehead atoms. The second-order valence-corrected chi connectivity index (χ2v) is 3.08. The molecule has 0 aromatic rings. The van der Waals surface area contributed by atoms with Crippen molar-refractivity contribution in [3.63, 3.8) is 0 Å². The number of esters is 1. The Morgan fingerprint density at radius 3 is 2.47 bits per heavy atom. The van der Waals surface area contributed by atoms with Crippen LogP contribution in [0.4, 0.5) is 0 Å². The highest BCUT2D eigenvalue weighted by atomic mass is 16.5. The molecule has 1 atom stereocenters. The van der Waals surface area contributed by atoms with E-state index < -0.39 is 30.4 Å². The number of unbranched alkanes of at least 4 members (excludes halogenated alkanes) is 1. The Hall–Kier alpha value is -1.43. The topological polar surface area (TPSA) is 107 Å². The number of carbonyl (C=O) groups excluding carboxylic acids is 2. The fraction of sp³-hybridized carbons (Fsp3) is 0.667. The summed E-state index contributed by atoms with van der Waals surface area (Å²) in [6.45, 7) is 1.19. The molecule has 0 saturated carbocycles. The van der Waals surface area contributed by atoms with Crippen molar-refractivity contribution < 1.29 is 24.2 Å². The minimum atomic E-state index is -1.62. The lowest BCUT2D eigenvalue weighted by Gasteiger charge is -2.09. The summed E-state index contributed by atoms with van der Waals surface area (Å²) in [5, 5.41) is 8.20. The monoisotopic (exact) mass is 217 g/mol. The number of carbonyl (C=O) groups is 3. The molecule has 15 heavy (non-hydrogen) atoms. The van der Waals surface area contributed by atoms with Gasteiger partial charge in [-0.15, -0.1) is 0 Å². The molecule has 0 aliphatic rings. The Balaban J connectivity index is 3.82.